The molecule has 0 radical (unpaired) electrons. The lowest BCUT2D eigenvalue weighted by molar-refractivity contribution is 0.103. The Labute approximate surface area is 249 Å². The molecule has 216 valence electrons. The zero-order valence-corrected chi connectivity index (χ0v) is 24.9. The molecule has 0 aliphatic rings. The van der Waals surface area contributed by atoms with Crippen LogP contribution in [-0.2, 0) is 33.4 Å². The van der Waals surface area contributed by atoms with Gasteiger partial charge in [0.2, 0.25) is 0 Å². The number of aromatic nitrogens is 6. The number of aryl methyl sites for hydroxylation is 2. The smallest absolute Gasteiger partial charge is 0.320 e. The lowest BCUT2D eigenvalue weighted by Gasteiger charge is -2.10. The fourth-order valence-electron chi connectivity index (χ4n) is 5.13. The number of hydrogen-bond donors (Lipinski definition) is 0. The van der Waals surface area contributed by atoms with E-state index < -0.39 is 11.2 Å². The molecule has 3 aromatic heterocycles. The molecule has 0 fully saturated rings. The number of imidazole rings is 1. The van der Waals surface area contributed by atoms with E-state index in [1.807, 2.05) is 49.4 Å². The second-order valence-electron chi connectivity index (χ2n) is 10.5. The van der Waals surface area contributed by atoms with E-state index in [0.29, 0.717) is 50.6 Å². The molecular weight excluding hydrogens is 564 g/mol. The first-order chi connectivity index (χ1) is 20.6. The molecule has 0 N–H and O–H groups in total. The van der Waals surface area contributed by atoms with Gasteiger partial charge in [0.05, 0.1) is 17.2 Å². The third-order valence-corrected chi connectivity index (χ3v) is 8.74. The molecule has 6 rings (SSSR count). The van der Waals surface area contributed by atoms with Crippen LogP contribution in [0.2, 0.25) is 0 Å². The van der Waals surface area contributed by atoms with Crippen molar-refractivity contribution in [1.29, 1.82) is 0 Å². The maximum Gasteiger partial charge on any atom is 0.332 e. The van der Waals surface area contributed by atoms with Crippen LogP contribution in [0.1, 0.15) is 32.6 Å². The van der Waals surface area contributed by atoms with E-state index in [1.54, 1.807) is 53.8 Å². The Balaban J connectivity index is 1.15. The number of hydrogen-bond acceptors (Lipinski definition) is 7. The van der Waals surface area contributed by atoms with Gasteiger partial charge in [0, 0.05) is 44.6 Å². The van der Waals surface area contributed by atoms with Crippen LogP contribution >= 0.6 is 11.8 Å². The summed E-state index contributed by atoms with van der Waals surface area (Å²) in [6, 6.07) is 20.3. The maximum absolute atomic E-state index is 13.2. The summed E-state index contributed by atoms with van der Waals surface area (Å²) in [4.78, 5) is 59.9. The molecule has 43 heavy (non-hydrogen) atoms. The Kier molecular flexibility index (Phi) is 7.18. The van der Waals surface area contributed by atoms with Crippen molar-refractivity contribution < 1.29 is 4.79 Å². The highest BCUT2D eigenvalue weighted by Gasteiger charge is 2.16. The lowest BCUT2D eigenvalue weighted by Crippen LogP contribution is -2.37. The molecule has 0 unspecified atom stereocenters. The fourth-order valence-corrected chi connectivity index (χ4v) is 6.06. The summed E-state index contributed by atoms with van der Waals surface area (Å²) >= 11 is 1.47. The molecule has 3 aromatic carbocycles. The normalized spacial score (nSPS) is 11.4. The van der Waals surface area contributed by atoms with E-state index in [0.717, 1.165) is 21.3 Å². The van der Waals surface area contributed by atoms with Gasteiger partial charge in [-0.2, -0.15) is 0 Å². The van der Waals surface area contributed by atoms with Gasteiger partial charge < -0.3 is 4.57 Å². The van der Waals surface area contributed by atoms with E-state index in [1.165, 1.54) is 23.4 Å². The molecule has 0 spiro atoms. The lowest BCUT2D eigenvalue weighted by atomic mass is 10.0. The molecular formula is C32H28N6O4S. The summed E-state index contributed by atoms with van der Waals surface area (Å²) in [5, 5.41) is 1.27. The number of carbonyl (C=O) groups excluding carboxylic acids is 1. The minimum atomic E-state index is -0.429. The average molecular weight is 593 g/mol. The summed E-state index contributed by atoms with van der Waals surface area (Å²) in [7, 11) is 4.76. The first-order valence-electron chi connectivity index (χ1n) is 13.6. The van der Waals surface area contributed by atoms with Crippen molar-refractivity contribution in [3.63, 3.8) is 0 Å². The summed E-state index contributed by atoms with van der Waals surface area (Å²) in [6.45, 7) is 2.27. The summed E-state index contributed by atoms with van der Waals surface area (Å²) in [5.41, 5.74) is 4.37. The molecule has 0 amide bonds. The summed E-state index contributed by atoms with van der Waals surface area (Å²) in [6.07, 6.45) is 1.54. The van der Waals surface area contributed by atoms with Crippen molar-refractivity contribution in [3.8, 4) is 0 Å². The minimum Gasteiger partial charge on any atom is -0.320 e. The molecule has 3 heterocycles. The van der Waals surface area contributed by atoms with E-state index in [2.05, 4.69) is 4.98 Å². The largest absolute Gasteiger partial charge is 0.332 e. The molecule has 0 bridgehead atoms. The predicted octanol–water partition coefficient (Wildman–Crippen LogP) is 3.56. The van der Waals surface area contributed by atoms with E-state index in [9.17, 15) is 19.2 Å². The highest BCUT2D eigenvalue weighted by atomic mass is 32.2. The topological polar surface area (TPSA) is 114 Å². The molecule has 0 saturated heterocycles. The summed E-state index contributed by atoms with van der Waals surface area (Å²) in [5.74, 6) is 0.498. The molecule has 0 atom stereocenters. The average Bonchev–Trinajstić information content (AvgIpc) is 3.44. The number of rotatable bonds is 7. The Morgan fingerprint density at radius 3 is 2.12 bits per heavy atom. The predicted molar refractivity (Wildman–Crippen MR) is 167 cm³/mol. The zero-order valence-electron chi connectivity index (χ0n) is 24.1. The molecule has 0 aliphatic heterocycles. The van der Waals surface area contributed by atoms with Crippen molar-refractivity contribution in [2.45, 2.75) is 24.4 Å². The highest BCUT2D eigenvalue weighted by molar-refractivity contribution is 7.98. The molecule has 11 heteroatoms. The van der Waals surface area contributed by atoms with E-state index >= 15 is 0 Å². The fraction of sp³-hybridized carbons (Fsp3) is 0.188. The van der Waals surface area contributed by atoms with Crippen molar-refractivity contribution in [2.75, 3.05) is 0 Å². The number of benzene rings is 3. The van der Waals surface area contributed by atoms with Gasteiger partial charge in [-0.15, -0.1) is 0 Å². The van der Waals surface area contributed by atoms with Gasteiger partial charge in [-0.25, -0.2) is 14.8 Å². The van der Waals surface area contributed by atoms with Crippen LogP contribution in [0, 0.1) is 6.92 Å². The molecule has 6 aromatic rings. The van der Waals surface area contributed by atoms with Crippen LogP contribution in [0.25, 0.3) is 22.1 Å². The second-order valence-corrected chi connectivity index (χ2v) is 11.4. The number of thioether (sulfide) groups is 1. The van der Waals surface area contributed by atoms with Crippen LogP contribution in [-0.4, -0.2) is 34.0 Å². The second kappa shape index (κ2) is 11.0. The van der Waals surface area contributed by atoms with Crippen LogP contribution in [0.4, 0.5) is 0 Å². The maximum atomic E-state index is 13.2. The quantitative estimate of drug-likeness (QED) is 0.158. The van der Waals surface area contributed by atoms with Gasteiger partial charge in [-0.3, -0.25) is 28.1 Å². The Morgan fingerprint density at radius 1 is 0.791 bits per heavy atom. The van der Waals surface area contributed by atoms with Crippen molar-refractivity contribution in [3.05, 3.63) is 132 Å². The third-order valence-electron chi connectivity index (χ3n) is 7.64. The van der Waals surface area contributed by atoms with Crippen LogP contribution in [0.5, 0.6) is 0 Å². The van der Waals surface area contributed by atoms with E-state index in [-0.39, 0.29) is 11.3 Å². The van der Waals surface area contributed by atoms with Crippen LogP contribution < -0.4 is 16.8 Å². The zero-order chi connectivity index (χ0) is 30.4. The van der Waals surface area contributed by atoms with E-state index in [4.69, 9.17) is 4.98 Å². The molecule has 0 aliphatic carbocycles. The highest BCUT2D eigenvalue weighted by Crippen LogP contribution is 2.23. The van der Waals surface area contributed by atoms with Gasteiger partial charge in [0.1, 0.15) is 0 Å². The van der Waals surface area contributed by atoms with Crippen LogP contribution in [0.3, 0.4) is 0 Å². The number of fused-ring (bicyclic) bond motifs is 2. The number of nitrogens with zero attached hydrogens (tertiary/aromatic N) is 6. The van der Waals surface area contributed by atoms with Crippen molar-refractivity contribution >= 4 is 39.6 Å². The monoisotopic (exact) mass is 592 g/mol. The van der Waals surface area contributed by atoms with Gasteiger partial charge in [-0.1, -0.05) is 72.4 Å². The molecule has 10 nitrogen and oxygen atoms in total. The minimum absolute atomic E-state index is 0.0628. The standard InChI is InChI=1S/C32H28N6O4S/c1-19-6-5-7-24-25(19)29(40)36(3)31(34-24)43-17-21-10-14-23(15-11-21)27(39)22-12-8-20(9-13-22)16-38-18-33-28-26(38)30(41)37(4)32(42)35(28)2/h5-15,18H,16-17H2,1-4H3. The van der Waals surface area contributed by atoms with Crippen molar-refractivity contribution in [1.82, 2.24) is 28.2 Å². The SMILES string of the molecule is Cc1cccc2nc(SCc3ccc(C(=O)c4ccc(Cn5cnc6c5c(=O)n(C)c(=O)n6C)cc4)cc3)n(C)c(=O)c12. The van der Waals surface area contributed by atoms with Crippen LogP contribution in [0.15, 0.2) is 92.6 Å². The Bertz CT molecular complexity index is 2230. The van der Waals surface area contributed by atoms with Crippen molar-refractivity contribution in [2.24, 2.45) is 21.1 Å². The first kappa shape index (κ1) is 28.1. The number of carbonyl (C=O) groups is 1. The Hall–Kier alpha value is -5.03. The van der Waals surface area contributed by atoms with Gasteiger partial charge in [0.15, 0.2) is 22.1 Å². The van der Waals surface area contributed by atoms with Gasteiger partial charge in [0.25, 0.3) is 11.1 Å². The Morgan fingerprint density at radius 2 is 1.44 bits per heavy atom. The van der Waals surface area contributed by atoms with Gasteiger partial charge >= 0.3 is 5.69 Å². The number of ketones is 1. The van der Waals surface area contributed by atoms with Gasteiger partial charge in [-0.05, 0) is 29.7 Å². The summed E-state index contributed by atoms with van der Waals surface area (Å²) < 4.78 is 5.70. The third kappa shape index (κ3) is 5.01. The first-order valence-corrected chi connectivity index (χ1v) is 14.5. The molecule has 0 saturated carbocycles.